The van der Waals surface area contributed by atoms with E-state index in [0.717, 1.165) is 11.3 Å². The fourth-order valence-electron chi connectivity index (χ4n) is 4.77. The molecule has 28 heavy (non-hydrogen) atoms. The highest BCUT2D eigenvalue weighted by atomic mass is 16.2. The van der Waals surface area contributed by atoms with Crippen LogP contribution in [0.25, 0.3) is 0 Å². The van der Waals surface area contributed by atoms with Crippen LogP contribution in [0.1, 0.15) is 28.8 Å². The Kier molecular flexibility index (Phi) is 4.22. The number of anilines is 1. The van der Waals surface area contributed by atoms with Gasteiger partial charge < -0.3 is 15.1 Å². The van der Waals surface area contributed by atoms with Crippen LogP contribution < -0.4 is 10.2 Å². The molecule has 2 aromatic rings. The van der Waals surface area contributed by atoms with Crippen LogP contribution >= 0.6 is 0 Å². The number of nitrogens with one attached hydrogen (secondary N) is 1. The number of likely N-dealkylation sites (tertiary alicyclic amines) is 1. The van der Waals surface area contributed by atoms with Gasteiger partial charge >= 0.3 is 0 Å². The Balaban J connectivity index is 1.89. The van der Waals surface area contributed by atoms with Gasteiger partial charge in [-0.1, -0.05) is 36.4 Å². The van der Waals surface area contributed by atoms with Crippen molar-refractivity contribution in [3.05, 3.63) is 65.7 Å². The molecule has 1 N–H and O–H groups in total. The van der Waals surface area contributed by atoms with Gasteiger partial charge in [0.15, 0.2) is 0 Å². The van der Waals surface area contributed by atoms with Crippen molar-refractivity contribution in [1.29, 1.82) is 0 Å². The molecule has 1 saturated heterocycles. The van der Waals surface area contributed by atoms with Crippen molar-refractivity contribution >= 4 is 23.4 Å². The molecule has 0 spiro atoms. The Labute approximate surface area is 164 Å². The normalized spacial score (nSPS) is 25.9. The van der Waals surface area contributed by atoms with Crippen LogP contribution in [0.5, 0.6) is 0 Å². The van der Waals surface area contributed by atoms with E-state index >= 15 is 0 Å². The Morgan fingerprint density at radius 1 is 1.07 bits per heavy atom. The molecule has 0 aromatic heterocycles. The summed E-state index contributed by atoms with van der Waals surface area (Å²) < 4.78 is 0. The van der Waals surface area contributed by atoms with Gasteiger partial charge in [0, 0.05) is 37.8 Å². The smallest absolute Gasteiger partial charge is 0.254 e. The molecule has 0 saturated carbocycles. The number of hydrogen-bond acceptors (Lipinski definition) is 3. The topological polar surface area (TPSA) is 69.7 Å². The van der Waals surface area contributed by atoms with Gasteiger partial charge in [-0.05, 0) is 30.7 Å². The van der Waals surface area contributed by atoms with Crippen molar-refractivity contribution in [2.75, 3.05) is 25.5 Å². The first-order chi connectivity index (χ1) is 13.4. The Hall–Kier alpha value is -3.15. The van der Waals surface area contributed by atoms with Crippen molar-refractivity contribution in [1.82, 2.24) is 10.2 Å². The van der Waals surface area contributed by atoms with Gasteiger partial charge in [-0.25, -0.2) is 0 Å². The summed E-state index contributed by atoms with van der Waals surface area (Å²) in [7, 11) is 3.31. The second kappa shape index (κ2) is 6.48. The molecular formula is C22H23N3O3. The summed E-state index contributed by atoms with van der Waals surface area (Å²) in [6, 6.07) is 16.5. The third-order valence-electron chi connectivity index (χ3n) is 6.17. The van der Waals surface area contributed by atoms with E-state index in [2.05, 4.69) is 5.32 Å². The van der Waals surface area contributed by atoms with Gasteiger partial charge in [-0.3, -0.25) is 14.4 Å². The van der Waals surface area contributed by atoms with Crippen LogP contribution in [0, 0.1) is 5.92 Å². The zero-order valence-corrected chi connectivity index (χ0v) is 16.2. The van der Waals surface area contributed by atoms with Crippen LogP contribution in [0.15, 0.2) is 54.6 Å². The fraction of sp³-hybridized carbons (Fsp3) is 0.318. The van der Waals surface area contributed by atoms with Gasteiger partial charge in [0.2, 0.25) is 5.91 Å². The van der Waals surface area contributed by atoms with E-state index in [1.54, 1.807) is 55.1 Å². The quantitative estimate of drug-likeness (QED) is 0.871. The van der Waals surface area contributed by atoms with E-state index in [1.807, 2.05) is 30.3 Å². The molecule has 0 aliphatic carbocycles. The van der Waals surface area contributed by atoms with Crippen LogP contribution in [0.3, 0.4) is 0 Å². The number of likely N-dealkylation sites (N-methyl/N-ethyl adjacent to an activating group) is 1. The van der Waals surface area contributed by atoms with E-state index in [0.29, 0.717) is 5.56 Å². The van der Waals surface area contributed by atoms with Crippen LogP contribution in [-0.2, 0) is 9.59 Å². The number of hydrogen-bond donors (Lipinski definition) is 1. The lowest BCUT2D eigenvalue weighted by molar-refractivity contribution is -0.128. The van der Waals surface area contributed by atoms with Gasteiger partial charge in [0.05, 0.1) is 5.92 Å². The van der Waals surface area contributed by atoms with E-state index in [9.17, 15) is 14.4 Å². The molecule has 3 atom stereocenters. The molecule has 2 aliphatic heterocycles. The molecule has 0 unspecified atom stereocenters. The fourth-order valence-corrected chi connectivity index (χ4v) is 4.77. The van der Waals surface area contributed by atoms with Crippen LogP contribution in [-0.4, -0.2) is 48.8 Å². The molecule has 0 radical (unpaired) electrons. The number of rotatable bonds is 2. The summed E-state index contributed by atoms with van der Waals surface area (Å²) in [5.41, 5.74) is 1.09. The number of fused-ring (bicyclic) bond motifs is 3. The third-order valence-corrected chi connectivity index (χ3v) is 6.17. The van der Waals surface area contributed by atoms with E-state index < -0.39 is 17.4 Å². The zero-order chi connectivity index (χ0) is 20.1. The number of benzene rings is 2. The minimum absolute atomic E-state index is 0.160. The highest BCUT2D eigenvalue weighted by molar-refractivity contribution is 6.09. The number of para-hydroxylation sites is 1. The van der Waals surface area contributed by atoms with Crippen molar-refractivity contribution in [3.8, 4) is 0 Å². The SMILES string of the molecule is CNC(=O)[C@H]1CN(C(=O)c2ccccc2)[C@]2(C)C(=O)N(C)c3ccccc3[C@H]12. The number of amides is 3. The Morgan fingerprint density at radius 2 is 1.71 bits per heavy atom. The Morgan fingerprint density at radius 3 is 2.39 bits per heavy atom. The molecule has 4 rings (SSSR count). The molecule has 2 aliphatic rings. The molecule has 1 fully saturated rings. The second-order valence-corrected chi connectivity index (χ2v) is 7.55. The third kappa shape index (κ3) is 2.37. The zero-order valence-electron chi connectivity index (χ0n) is 16.2. The highest BCUT2D eigenvalue weighted by Crippen LogP contribution is 2.52. The standard InChI is InChI=1S/C22H23N3O3/c1-22-18(15-11-7-8-12-17(15)24(3)21(22)28)16(19(26)23-2)13-25(22)20(27)14-9-5-4-6-10-14/h4-12,16,18H,13H2,1-3H3,(H,23,26)/t16-,18+,22-/m0/s1. The highest BCUT2D eigenvalue weighted by Gasteiger charge is 2.62. The molecule has 6 nitrogen and oxygen atoms in total. The molecular weight excluding hydrogens is 354 g/mol. The monoisotopic (exact) mass is 377 g/mol. The van der Waals surface area contributed by atoms with E-state index in [-0.39, 0.29) is 24.3 Å². The molecule has 3 amide bonds. The van der Waals surface area contributed by atoms with Crippen LogP contribution in [0.4, 0.5) is 5.69 Å². The Bertz CT molecular complexity index is 959. The van der Waals surface area contributed by atoms with Gasteiger partial charge in [-0.2, -0.15) is 0 Å². The summed E-state index contributed by atoms with van der Waals surface area (Å²) in [6.45, 7) is 1.98. The van der Waals surface area contributed by atoms with Gasteiger partial charge in [-0.15, -0.1) is 0 Å². The van der Waals surface area contributed by atoms with E-state index in [4.69, 9.17) is 0 Å². The number of carbonyl (C=O) groups excluding carboxylic acids is 3. The molecule has 2 aromatic carbocycles. The van der Waals surface area contributed by atoms with Crippen molar-refractivity contribution in [2.24, 2.45) is 5.92 Å². The van der Waals surface area contributed by atoms with Crippen molar-refractivity contribution in [2.45, 2.75) is 18.4 Å². The molecule has 0 bridgehead atoms. The predicted octanol–water partition coefficient (Wildman–Crippen LogP) is 2.02. The molecule has 144 valence electrons. The van der Waals surface area contributed by atoms with Gasteiger partial charge in [0.1, 0.15) is 5.54 Å². The lowest BCUT2D eigenvalue weighted by Crippen LogP contribution is -2.60. The summed E-state index contributed by atoms with van der Waals surface area (Å²) in [5.74, 6) is -1.47. The average molecular weight is 377 g/mol. The summed E-state index contributed by atoms with van der Waals surface area (Å²) in [4.78, 5) is 42.8. The minimum Gasteiger partial charge on any atom is -0.359 e. The lowest BCUT2D eigenvalue weighted by atomic mass is 9.72. The minimum atomic E-state index is -1.13. The molecule has 2 heterocycles. The first kappa shape index (κ1) is 18.2. The first-order valence-electron chi connectivity index (χ1n) is 9.37. The average Bonchev–Trinajstić information content (AvgIpc) is 3.06. The largest absolute Gasteiger partial charge is 0.359 e. The first-order valence-corrected chi connectivity index (χ1v) is 9.37. The summed E-state index contributed by atoms with van der Waals surface area (Å²) in [6.07, 6.45) is 0. The number of carbonyl (C=O) groups is 3. The number of nitrogens with zero attached hydrogens (tertiary/aromatic N) is 2. The maximum Gasteiger partial charge on any atom is 0.254 e. The van der Waals surface area contributed by atoms with E-state index in [1.165, 1.54) is 0 Å². The second-order valence-electron chi connectivity index (χ2n) is 7.55. The lowest BCUT2D eigenvalue weighted by Gasteiger charge is -2.45. The van der Waals surface area contributed by atoms with Crippen LogP contribution in [0.2, 0.25) is 0 Å². The van der Waals surface area contributed by atoms with Crippen molar-refractivity contribution in [3.63, 3.8) is 0 Å². The summed E-state index contributed by atoms with van der Waals surface area (Å²) in [5, 5.41) is 2.71. The summed E-state index contributed by atoms with van der Waals surface area (Å²) >= 11 is 0. The van der Waals surface area contributed by atoms with Crippen molar-refractivity contribution < 1.29 is 14.4 Å². The molecule has 6 heteroatoms. The van der Waals surface area contributed by atoms with Gasteiger partial charge in [0.25, 0.3) is 11.8 Å². The maximum atomic E-state index is 13.5. The maximum absolute atomic E-state index is 13.5. The predicted molar refractivity (Wildman–Crippen MR) is 106 cm³/mol.